The lowest BCUT2D eigenvalue weighted by atomic mass is 10.0. The highest BCUT2D eigenvalue weighted by Crippen LogP contribution is 2.35. The van der Waals surface area contributed by atoms with Gasteiger partial charge in [0.25, 0.3) is 5.69 Å². The van der Waals surface area contributed by atoms with Crippen molar-refractivity contribution in [1.29, 1.82) is 0 Å². The number of nitrogens with one attached hydrogen (secondary N) is 1. The third-order valence-electron chi connectivity index (χ3n) is 4.43. The van der Waals surface area contributed by atoms with E-state index in [1.807, 2.05) is 0 Å². The van der Waals surface area contributed by atoms with Crippen molar-refractivity contribution in [2.75, 3.05) is 11.9 Å². The maximum Gasteiger partial charge on any atom is 0.308 e. The van der Waals surface area contributed by atoms with E-state index in [2.05, 4.69) is 12.2 Å². The van der Waals surface area contributed by atoms with Crippen LogP contribution < -0.4 is 14.8 Å². The third kappa shape index (κ3) is 6.96. The van der Waals surface area contributed by atoms with Crippen LogP contribution in [0.4, 0.5) is 11.4 Å². The Labute approximate surface area is 185 Å². The third-order valence-corrected chi connectivity index (χ3v) is 4.76. The van der Waals surface area contributed by atoms with Crippen molar-refractivity contribution >= 4 is 34.7 Å². The molecule has 0 spiro atoms. The molecule has 0 amide bonds. The Balaban J connectivity index is 2.28. The van der Waals surface area contributed by atoms with Crippen LogP contribution in [-0.2, 0) is 9.59 Å². The molecule has 1 N–H and O–H groups in total. The van der Waals surface area contributed by atoms with Crippen LogP contribution in [0.15, 0.2) is 36.4 Å². The first kappa shape index (κ1) is 24.1. The Hall–Kier alpha value is -3.13. The monoisotopic (exact) mass is 448 g/mol. The predicted molar refractivity (Wildman–Crippen MR) is 118 cm³/mol. The van der Waals surface area contributed by atoms with Crippen LogP contribution in [-0.4, -0.2) is 23.3 Å². The van der Waals surface area contributed by atoms with E-state index in [1.165, 1.54) is 26.0 Å². The van der Waals surface area contributed by atoms with Gasteiger partial charge in [-0.15, -0.1) is 0 Å². The summed E-state index contributed by atoms with van der Waals surface area (Å²) in [4.78, 5) is 34.3. The molecule has 1 atom stereocenters. The molecule has 0 bridgehead atoms. The minimum absolute atomic E-state index is 0.0340. The number of halogens is 1. The van der Waals surface area contributed by atoms with E-state index < -0.39 is 16.9 Å². The SMILES string of the molecule is CCCCCOc1ccc(C(Nc2ccc(OC(C)=O)cc2[N+](=O)[O-])C(C)=O)c(Cl)c1. The molecule has 0 saturated carbocycles. The largest absolute Gasteiger partial charge is 0.494 e. The van der Waals surface area contributed by atoms with Crippen LogP contribution >= 0.6 is 11.6 Å². The number of esters is 1. The number of anilines is 1. The second kappa shape index (κ2) is 11.3. The average molecular weight is 449 g/mol. The van der Waals surface area contributed by atoms with Gasteiger partial charge in [-0.25, -0.2) is 0 Å². The molecule has 0 radical (unpaired) electrons. The first-order valence-corrected chi connectivity index (χ1v) is 10.3. The van der Waals surface area contributed by atoms with Gasteiger partial charge in [0.2, 0.25) is 0 Å². The summed E-state index contributed by atoms with van der Waals surface area (Å²) in [6.07, 6.45) is 3.08. The van der Waals surface area contributed by atoms with Crippen molar-refractivity contribution in [3.05, 3.63) is 57.1 Å². The number of hydrogen-bond donors (Lipinski definition) is 1. The number of rotatable bonds is 11. The minimum atomic E-state index is -0.917. The van der Waals surface area contributed by atoms with E-state index in [0.29, 0.717) is 22.9 Å². The number of unbranched alkanes of at least 4 members (excludes halogenated alkanes) is 2. The fraction of sp³-hybridized carbons (Fsp3) is 0.364. The van der Waals surface area contributed by atoms with Crippen molar-refractivity contribution in [3.63, 3.8) is 0 Å². The van der Waals surface area contributed by atoms with Crippen LogP contribution in [0.5, 0.6) is 11.5 Å². The number of nitrogens with zero attached hydrogens (tertiary/aromatic N) is 1. The van der Waals surface area contributed by atoms with Gasteiger partial charge in [0.15, 0.2) is 5.78 Å². The van der Waals surface area contributed by atoms with Gasteiger partial charge in [-0.2, -0.15) is 0 Å². The number of ketones is 1. The van der Waals surface area contributed by atoms with E-state index in [4.69, 9.17) is 21.1 Å². The summed E-state index contributed by atoms with van der Waals surface area (Å²) in [5.41, 5.74) is 0.225. The number of benzene rings is 2. The quantitative estimate of drug-likeness (QED) is 0.159. The standard InChI is InChI=1S/C22H25ClN2O6/c1-4-5-6-11-30-16-7-9-18(19(23)12-16)22(14(2)26)24-20-10-8-17(31-15(3)27)13-21(20)25(28)29/h7-10,12-13,22,24H,4-6,11H2,1-3H3. The Morgan fingerprint density at radius 1 is 1.13 bits per heavy atom. The summed E-state index contributed by atoms with van der Waals surface area (Å²) in [6.45, 7) is 5.23. The molecule has 0 aliphatic heterocycles. The van der Waals surface area contributed by atoms with Crippen LogP contribution in [0.25, 0.3) is 0 Å². The molecular formula is C22H25ClN2O6. The van der Waals surface area contributed by atoms with E-state index in [1.54, 1.807) is 18.2 Å². The lowest BCUT2D eigenvalue weighted by Crippen LogP contribution is -2.19. The molecule has 2 rings (SSSR count). The summed E-state index contributed by atoms with van der Waals surface area (Å²) in [6, 6.07) is 7.99. The minimum Gasteiger partial charge on any atom is -0.494 e. The first-order valence-electron chi connectivity index (χ1n) is 9.89. The fourth-order valence-corrected chi connectivity index (χ4v) is 3.22. The Kier molecular flexibility index (Phi) is 8.81. The van der Waals surface area contributed by atoms with Crippen molar-refractivity contribution in [3.8, 4) is 11.5 Å². The number of nitro groups is 1. The number of carbonyl (C=O) groups excluding carboxylic acids is 2. The molecule has 31 heavy (non-hydrogen) atoms. The van der Waals surface area contributed by atoms with E-state index in [-0.39, 0.29) is 22.9 Å². The second-order valence-corrected chi connectivity index (χ2v) is 7.36. The van der Waals surface area contributed by atoms with Gasteiger partial charge in [0.1, 0.15) is 23.2 Å². The van der Waals surface area contributed by atoms with Crippen molar-refractivity contribution < 1.29 is 24.0 Å². The molecular weight excluding hydrogens is 424 g/mol. The molecule has 1 unspecified atom stereocenters. The van der Waals surface area contributed by atoms with E-state index in [9.17, 15) is 19.7 Å². The lowest BCUT2D eigenvalue weighted by molar-refractivity contribution is -0.384. The summed E-state index contributed by atoms with van der Waals surface area (Å²) in [7, 11) is 0. The van der Waals surface area contributed by atoms with Gasteiger partial charge in [-0.3, -0.25) is 19.7 Å². The van der Waals surface area contributed by atoms with Crippen molar-refractivity contribution in [1.82, 2.24) is 0 Å². The van der Waals surface area contributed by atoms with Crippen LogP contribution in [0.3, 0.4) is 0 Å². The predicted octanol–water partition coefficient (Wildman–Crippen LogP) is 5.48. The second-order valence-electron chi connectivity index (χ2n) is 6.96. The molecule has 0 fully saturated rings. The molecule has 0 aliphatic rings. The van der Waals surface area contributed by atoms with E-state index >= 15 is 0 Å². The fourth-order valence-electron chi connectivity index (χ4n) is 2.94. The summed E-state index contributed by atoms with van der Waals surface area (Å²) < 4.78 is 10.6. The summed E-state index contributed by atoms with van der Waals surface area (Å²) in [5.74, 6) is -0.257. The van der Waals surface area contributed by atoms with Crippen LogP contribution in [0.1, 0.15) is 51.6 Å². The maximum absolute atomic E-state index is 12.3. The normalized spacial score (nSPS) is 11.5. The summed E-state index contributed by atoms with van der Waals surface area (Å²) in [5, 5.41) is 14.7. The molecule has 166 valence electrons. The number of Topliss-reactive ketones (excluding diaryl/α,β-unsaturated/α-hetero) is 1. The number of hydrogen-bond acceptors (Lipinski definition) is 7. The van der Waals surface area contributed by atoms with Gasteiger partial charge in [0, 0.05) is 17.5 Å². The van der Waals surface area contributed by atoms with Crippen molar-refractivity contribution in [2.24, 2.45) is 0 Å². The lowest BCUT2D eigenvalue weighted by Gasteiger charge is -2.20. The van der Waals surface area contributed by atoms with Gasteiger partial charge < -0.3 is 14.8 Å². The Morgan fingerprint density at radius 3 is 2.42 bits per heavy atom. The maximum atomic E-state index is 12.3. The zero-order chi connectivity index (χ0) is 23.0. The molecule has 9 heteroatoms. The summed E-state index contributed by atoms with van der Waals surface area (Å²) >= 11 is 6.40. The molecule has 8 nitrogen and oxygen atoms in total. The molecule has 0 saturated heterocycles. The van der Waals surface area contributed by atoms with Crippen LogP contribution in [0.2, 0.25) is 5.02 Å². The van der Waals surface area contributed by atoms with E-state index in [0.717, 1.165) is 25.3 Å². The van der Waals surface area contributed by atoms with Gasteiger partial charge >= 0.3 is 5.97 Å². The Morgan fingerprint density at radius 2 is 1.84 bits per heavy atom. The smallest absolute Gasteiger partial charge is 0.308 e. The number of nitro benzene ring substituents is 1. The molecule has 2 aromatic carbocycles. The first-order chi connectivity index (χ1) is 14.7. The molecule has 0 aromatic heterocycles. The van der Waals surface area contributed by atoms with Gasteiger partial charge in [-0.1, -0.05) is 37.4 Å². The Bertz CT molecular complexity index is 963. The van der Waals surface area contributed by atoms with Crippen molar-refractivity contribution in [2.45, 2.75) is 46.1 Å². The van der Waals surface area contributed by atoms with Gasteiger partial charge in [0.05, 0.1) is 17.6 Å². The zero-order valence-corrected chi connectivity index (χ0v) is 18.4. The molecule has 0 heterocycles. The average Bonchev–Trinajstić information content (AvgIpc) is 2.70. The molecule has 2 aromatic rings. The topological polar surface area (TPSA) is 108 Å². The number of carbonyl (C=O) groups is 2. The zero-order valence-electron chi connectivity index (χ0n) is 17.6. The molecule has 0 aliphatic carbocycles. The van der Waals surface area contributed by atoms with Crippen LogP contribution in [0, 0.1) is 10.1 Å². The highest BCUT2D eigenvalue weighted by Gasteiger charge is 2.24. The van der Waals surface area contributed by atoms with Gasteiger partial charge in [-0.05, 0) is 37.6 Å². The highest BCUT2D eigenvalue weighted by molar-refractivity contribution is 6.31. The highest BCUT2D eigenvalue weighted by atomic mass is 35.5. The number of ether oxygens (including phenoxy) is 2.